The highest BCUT2D eigenvalue weighted by atomic mass is 16.5. The average molecular weight is 342 g/mol. The molecular formula is C19H26N4O2. The minimum Gasteiger partial charge on any atom is -0.379 e. The molecule has 0 aromatic carbocycles. The molecule has 0 radical (unpaired) electrons. The molecule has 4 heterocycles. The highest BCUT2D eigenvalue weighted by Crippen LogP contribution is 2.29. The van der Waals surface area contributed by atoms with E-state index in [9.17, 15) is 4.79 Å². The molecule has 2 aromatic heterocycles. The number of aromatic nitrogens is 2. The number of carbonyl (C=O) groups is 1. The summed E-state index contributed by atoms with van der Waals surface area (Å²) in [4.78, 5) is 25.1. The van der Waals surface area contributed by atoms with Gasteiger partial charge in [0.15, 0.2) is 0 Å². The first-order valence-electron chi connectivity index (χ1n) is 9.26. The molecule has 2 atom stereocenters. The van der Waals surface area contributed by atoms with Crippen LogP contribution in [-0.2, 0) is 9.53 Å². The monoisotopic (exact) mass is 342 g/mol. The molecule has 2 fully saturated rings. The number of hydrogen-bond acceptors (Lipinski definition) is 4. The van der Waals surface area contributed by atoms with E-state index in [1.54, 1.807) is 0 Å². The summed E-state index contributed by atoms with van der Waals surface area (Å²) in [6, 6.07) is 6.16. The van der Waals surface area contributed by atoms with Gasteiger partial charge in [-0.1, -0.05) is 0 Å². The van der Waals surface area contributed by atoms with Gasteiger partial charge in [0.2, 0.25) is 5.91 Å². The lowest BCUT2D eigenvalue weighted by Gasteiger charge is -2.38. The Balaban J connectivity index is 1.45. The maximum Gasteiger partial charge on any atom is 0.239 e. The van der Waals surface area contributed by atoms with E-state index in [4.69, 9.17) is 4.74 Å². The maximum atomic E-state index is 13.0. The zero-order valence-electron chi connectivity index (χ0n) is 14.8. The molecular weight excluding hydrogens is 316 g/mol. The topological polar surface area (TPSA) is 61.5 Å². The Kier molecular flexibility index (Phi) is 4.72. The Labute approximate surface area is 148 Å². The number of hydrogen-bond donors (Lipinski definition) is 1. The number of carbonyl (C=O) groups excluding carboxylic acids is 1. The summed E-state index contributed by atoms with van der Waals surface area (Å²) in [5.74, 6) is 0.615. The van der Waals surface area contributed by atoms with Crippen molar-refractivity contribution in [3.05, 3.63) is 30.1 Å². The molecule has 25 heavy (non-hydrogen) atoms. The molecule has 4 rings (SSSR count). The fourth-order valence-corrected chi connectivity index (χ4v) is 4.02. The second kappa shape index (κ2) is 7.14. The van der Waals surface area contributed by atoms with Crippen molar-refractivity contribution in [1.82, 2.24) is 19.8 Å². The van der Waals surface area contributed by atoms with Crippen molar-refractivity contribution in [2.24, 2.45) is 0 Å². The molecule has 2 saturated heterocycles. The van der Waals surface area contributed by atoms with E-state index in [1.165, 1.54) is 5.69 Å². The smallest absolute Gasteiger partial charge is 0.239 e. The molecule has 2 aliphatic rings. The summed E-state index contributed by atoms with van der Waals surface area (Å²) in [5.41, 5.74) is 2.13. The molecule has 1 amide bonds. The first-order chi connectivity index (χ1) is 12.2. The highest BCUT2D eigenvalue weighted by Gasteiger charge is 2.31. The minimum atomic E-state index is -0.0629. The molecule has 0 spiro atoms. The molecule has 2 aromatic rings. The number of morpholine rings is 1. The Bertz CT molecular complexity index is 705. The second-order valence-electron chi connectivity index (χ2n) is 7.11. The highest BCUT2D eigenvalue weighted by molar-refractivity contribution is 5.82. The number of aromatic amines is 1. The normalized spacial score (nSPS) is 23.7. The molecule has 2 aliphatic heterocycles. The molecule has 0 unspecified atom stereocenters. The van der Waals surface area contributed by atoms with E-state index in [2.05, 4.69) is 27.0 Å². The summed E-state index contributed by atoms with van der Waals surface area (Å²) in [5, 5.41) is 1.14. The van der Waals surface area contributed by atoms with Gasteiger partial charge in [-0.05, 0) is 38.0 Å². The first-order valence-corrected chi connectivity index (χ1v) is 9.26. The van der Waals surface area contributed by atoms with Crippen molar-refractivity contribution in [2.45, 2.75) is 31.7 Å². The van der Waals surface area contributed by atoms with Crippen LogP contribution in [0.4, 0.5) is 0 Å². The van der Waals surface area contributed by atoms with Crippen LogP contribution < -0.4 is 0 Å². The molecule has 0 aliphatic carbocycles. The number of ether oxygens (including phenoxy) is 1. The number of rotatable bonds is 3. The van der Waals surface area contributed by atoms with E-state index < -0.39 is 0 Å². The van der Waals surface area contributed by atoms with Crippen molar-refractivity contribution in [3.63, 3.8) is 0 Å². The average Bonchev–Trinajstić information content (AvgIpc) is 3.12. The quantitative estimate of drug-likeness (QED) is 0.927. The lowest BCUT2D eigenvalue weighted by atomic mass is 9.94. The fourth-order valence-electron chi connectivity index (χ4n) is 4.02. The van der Waals surface area contributed by atoms with E-state index in [1.807, 2.05) is 24.1 Å². The van der Waals surface area contributed by atoms with Crippen LogP contribution >= 0.6 is 0 Å². The van der Waals surface area contributed by atoms with Gasteiger partial charge < -0.3 is 14.6 Å². The predicted molar refractivity (Wildman–Crippen MR) is 96.5 cm³/mol. The Morgan fingerprint density at radius 2 is 2.20 bits per heavy atom. The van der Waals surface area contributed by atoms with Crippen molar-refractivity contribution in [3.8, 4) is 0 Å². The first kappa shape index (κ1) is 16.5. The largest absolute Gasteiger partial charge is 0.379 e. The van der Waals surface area contributed by atoms with Gasteiger partial charge in [0.1, 0.15) is 5.65 Å². The van der Waals surface area contributed by atoms with Crippen LogP contribution in [-0.4, -0.2) is 71.1 Å². The van der Waals surface area contributed by atoms with E-state index in [0.29, 0.717) is 5.92 Å². The Morgan fingerprint density at radius 3 is 3.00 bits per heavy atom. The van der Waals surface area contributed by atoms with Crippen LogP contribution in [0.1, 0.15) is 31.4 Å². The molecule has 6 heteroatoms. The number of likely N-dealkylation sites (tertiary alicyclic amines) is 1. The third kappa shape index (κ3) is 3.41. The van der Waals surface area contributed by atoms with Crippen LogP contribution in [0, 0.1) is 0 Å². The van der Waals surface area contributed by atoms with E-state index in [0.717, 1.165) is 63.3 Å². The molecule has 6 nitrogen and oxygen atoms in total. The number of fused-ring (bicyclic) bond motifs is 1. The minimum absolute atomic E-state index is 0.0629. The zero-order valence-corrected chi connectivity index (χ0v) is 14.8. The van der Waals surface area contributed by atoms with Crippen molar-refractivity contribution < 1.29 is 9.53 Å². The van der Waals surface area contributed by atoms with Gasteiger partial charge >= 0.3 is 0 Å². The molecule has 134 valence electrons. The van der Waals surface area contributed by atoms with Crippen LogP contribution in [0.2, 0.25) is 0 Å². The Hall–Kier alpha value is -1.92. The standard InChI is InChI=1S/C19H26N4O2/c1-14(22-8-10-25-11-9-22)19(24)23-7-3-5-16(13-23)17-12-15-4-2-6-20-18(15)21-17/h2,4,6,12,14,16H,3,5,7-11,13H2,1H3,(H,20,21)/t14-,16+/m1/s1. The van der Waals surface area contributed by atoms with Crippen LogP contribution in [0.15, 0.2) is 24.4 Å². The van der Waals surface area contributed by atoms with Crippen molar-refractivity contribution in [1.29, 1.82) is 0 Å². The fraction of sp³-hybridized carbons (Fsp3) is 0.579. The van der Waals surface area contributed by atoms with Crippen molar-refractivity contribution >= 4 is 16.9 Å². The number of pyridine rings is 1. The number of nitrogens with one attached hydrogen (secondary N) is 1. The lowest BCUT2D eigenvalue weighted by Crippen LogP contribution is -2.52. The second-order valence-corrected chi connectivity index (χ2v) is 7.11. The summed E-state index contributed by atoms with van der Waals surface area (Å²) < 4.78 is 5.40. The van der Waals surface area contributed by atoms with Crippen LogP contribution in [0.5, 0.6) is 0 Å². The van der Waals surface area contributed by atoms with Gasteiger partial charge in [-0.2, -0.15) is 0 Å². The third-order valence-electron chi connectivity index (χ3n) is 5.54. The lowest BCUT2D eigenvalue weighted by molar-refractivity contribution is -0.139. The van der Waals surface area contributed by atoms with Gasteiger partial charge in [0.25, 0.3) is 0 Å². The van der Waals surface area contributed by atoms with E-state index >= 15 is 0 Å². The molecule has 0 bridgehead atoms. The van der Waals surface area contributed by atoms with Crippen LogP contribution in [0.25, 0.3) is 11.0 Å². The number of nitrogens with zero attached hydrogens (tertiary/aromatic N) is 3. The molecule has 0 saturated carbocycles. The SMILES string of the molecule is C[C@H](C(=O)N1CCC[C@H](c2cc3cccnc3[nH]2)C1)N1CCOCC1. The maximum absolute atomic E-state index is 13.0. The van der Waals surface area contributed by atoms with Gasteiger partial charge in [-0.3, -0.25) is 9.69 Å². The van der Waals surface area contributed by atoms with Gasteiger partial charge in [-0.25, -0.2) is 4.98 Å². The van der Waals surface area contributed by atoms with Crippen molar-refractivity contribution in [2.75, 3.05) is 39.4 Å². The van der Waals surface area contributed by atoms with Gasteiger partial charge in [-0.15, -0.1) is 0 Å². The zero-order chi connectivity index (χ0) is 17.2. The van der Waals surface area contributed by atoms with E-state index in [-0.39, 0.29) is 11.9 Å². The number of H-pyrrole nitrogens is 1. The van der Waals surface area contributed by atoms with Gasteiger partial charge in [0.05, 0.1) is 19.3 Å². The predicted octanol–water partition coefficient (Wildman–Crippen LogP) is 1.99. The Morgan fingerprint density at radius 1 is 1.36 bits per heavy atom. The van der Waals surface area contributed by atoms with Gasteiger partial charge in [0, 0.05) is 49.4 Å². The summed E-state index contributed by atoms with van der Waals surface area (Å²) in [6.07, 6.45) is 3.97. The van der Waals surface area contributed by atoms with Crippen LogP contribution in [0.3, 0.4) is 0 Å². The molecule has 1 N–H and O–H groups in total. The number of amides is 1. The summed E-state index contributed by atoms with van der Waals surface area (Å²) in [6.45, 7) is 6.83. The number of piperidine rings is 1. The third-order valence-corrected chi connectivity index (χ3v) is 5.54. The summed E-state index contributed by atoms with van der Waals surface area (Å²) in [7, 11) is 0. The summed E-state index contributed by atoms with van der Waals surface area (Å²) >= 11 is 0.